The van der Waals surface area contributed by atoms with Crippen LogP contribution in [0.2, 0.25) is 0 Å². The lowest BCUT2D eigenvalue weighted by molar-refractivity contribution is 0.689. The SMILES string of the molecule is N#Cc1ccc(C2(c3ccc(C#N)cc3)C(c3ccc(C#N)cc3)(c3ccc(C#N)cc3)C2(c2ccc(C#N)cc2)c2ccc(C#N)cc2)cc1. The molecule has 0 aromatic heterocycles. The Bertz CT molecular complexity index is 2060. The smallest absolute Gasteiger partial charge is 0.0991 e. The van der Waals surface area contributed by atoms with Crippen molar-refractivity contribution in [2.75, 3.05) is 0 Å². The Morgan fingerprint density at radius 1 is 0.216 bits per heavy atom. The minimum atomic E-state index is -1.02. The third kappa shape index (κ3) is 4.37. The monoisotopic (exact) mass is 648 g/mol. The van der Waals surface area contributed by atoms with Gasteiger partial charge >= 0.3 is 0 Å². The van der Waals surface area contributed by atoms with Crippen molar-refractivity contribution in [3.63, 3.8) is 0 Å². The van der Waals surface area contributed by atoms with Crippen molar-refractivity contribution in [3.8, 4) is 36.4 Å². The Hall–Kier alpha value is -7.74. The third-order valence-electron chi connectivity index (χ3n) is 10.3. The molecule has 1 aliphatic carbocycles. The van der Waals surface area contributed by atoms with Crippen molar-refractivity contribution in [2.45, 2.75) is 16.2 Å². The molecule has 0 unspecified atom stereocenters. The van der Waals surface area contributed by atoms with Crippen molar-refractivity contribution < 1.29 is 0 Å². The molecular formula is C45H24N6. The second kappa shape index (κ2) is 12.4. The van der Waals surface area contributed by atoms with Crippen LogP contribution >= 0.6 is 0 Å². The van der Waals surface area contributed by atoms with Crippen LogP contribution in [0.25, 0.3) is 0 Å². The standard InChI is InChI=1S/C45H24N6/c46-25-31-1-13-37(14-2-31)43(38-15-3-32(26-47)4-16-38)44(39-17-5-33(27-48)6-18-39,40-19-7-34(28-49)8-20-40)45(43,41-21-9-35(29-50)10-22-41)42-23-11-36(30-51)12-24-42/h1-24H. The van der Waals surface area contributed by atoms with Crippen LogP contribution in [-0.2, 0) is 16.2 Å². The van der Waals surface area contributed by atoms with Crippen LogP contribution in [0.3, 0.4) is 0 Å². The molecule has 51 heavy (non-hydrogen) atoms. The van der Waals surface area contributed by atoms with E-state index in [1.54, 1.807) is 72.8 Å². The van der Waals surface area contributed by atoms with Gasteiger partial charge in [0, 0.05) is 0 Å². The van der Waals surface area contributed by atoms with Gasteiger partial charge in [-0.2, -0.15) is 31.6 Å². The summed E-state index contributed by atoms with van der Waals surface area (Å²) >= 11 is 0. The first-order valence-corrected chi connectivity index (χ1v) is 16.0. The Labute approximate surface area is 295 Å². The highest BCUT2D eigenvalue weighted by molar-refractivity contribution is 5.82. The second-order valence-corrected chi connectivity index (χ2v) is 12.4. The third-order valence-corrected chi connectivity index (χ3v) is 10.3. The zero-order valence-corrected chi connectivity index (χ0v) is 27.0. The maximum atomic E-state index is 9.85. The van der Waals surface area contributed by atoms with Crippen LogP contribution in [-0.4, -0.2) is 0 Å². The van der Waals surface area contributed by atoms with Crippen LogP contribution in [0.1, 0.15) is 66.8 Å². The Balaban J connectivity index is 1.78. The molecule has 7 rings (SSSR count). The van der Waals surface area contributed by atoms with E-state index in [0.717, 1.165) is 33.4 Å². The summed E-state index contributed by atoms with van der Waals surface area (Å²) in [4.78, 5) is 0. The molecule has 6 nitrogen and oxygen atoms in total. The van der Waals surface area contributed by atoms with Gasteiger partial charge in [-0.05, 0) is 106 Å². The molecule has 0 spiro atoms. The van der Waals surface area contributed by atoms with Gasteiger partial charge < -0.3 is 0 Å². The van der Waals surface area contributed by atoms with Crippen LogP contribution in [0, 0.1) is 68.0 Å². The molecule has 0 aliphatic heterocycles. The molecule has 0 atom stereocenters. The Morgan fingerprint density at radius 2 is 0.333 bits per heavy atom. The molecule has 0 saturated heterocycles. The van der Waals surface area contributed by atoms with Gasteiger partial charge in [0.15, 0.2) is 0 Å². The van der Waals surface area contributed by atoms with Gasteiger partial charge in [0.2, 0.25) is 0 Å². The fraction of sp³-hybridized carbons (Fsp3) is 0.0667. The molecular weight excluding hydrogens is 625 g/mol. The summed E-state index contributed by atoms with van der Waals surface area (Å²) in [5, 5.41) is 59.1. The lowest BCUT2D eigenvalue weighted by Gasteiger charge is -2.28. The quantitative estimate of drug-likeness (QED) is 0.178. The predicted octanol–water partition coefficient (Wildman–Crippen LogP) is 8.19. The number of nitriles is 6. The molecule has 6 aromatic carbocycles. The highest BCUT2D eigenvalue weighted by atomic mass is 14.9. The summed E-state index contributed by atoms with van der Waals surface area (Å²) < 4.78 is 0. The van der Waals surface area contributed by atoms with Gasteiger partial charge in [-0.25, -0.2) is 0 Å². The molecule has 0 bridgehead atoms. The zero-order valence-electron chi connectivity index (χ0n) is 27.0. The summed E-state index contributed by atoms with van der Waals surface area (Å²) in [7, 11) is 0. The summed E-state index contributed by atoms with van der Waals surface area (Å²) in [5.74, 6) is 0. The molecule has 1 saturated carbocycles. The van der Waals surface area contributed by atoms with Gasteiger partial charge in [-0.1, -0.05) is 72.8 Å². The second-order valence-electron chi connectivity index (χ2n) is 12.4. The van der Waals surface area contributed by atoms with Gasteiger partial charge in [0.1, 0.15) is 0 Å². The molecule has 0 amide bonds. The first-order chi connectivity index (χ1) is 25.0. The number of rotatable bonds is 6. The molecule has 0 radical (unpaired) electrons. The van der Waals surface area contributed by atoms with Crippen molar-refractivity contribution in [3.05, 3.63) is 212 Å². The highest BCUT2D eigenvalue weighted by Gasteiger charge is 2.89. The normalized spacial score (nSPS) is 14.2. The van der Waals surface area contributed by atoms with Crippen LogP contribution in [0.15, 0.2) is 146 Å². The van der Waals surface area contributed by atoms with E-state index in [0.29, 0.717) is 33.4 Å². The average molecular weight is 649 g/mol. The maximum Gasteiger partial charge on any atom is 0.0991 e. The number of hydrogen-bond acceptors (Lipinski definition) is 6. The van der Waals surface area contributed by atoms with E-state index in [2.05, 4.69) is 36.4 Å². The van der Waals surface area contributed by atoms with Gasteiger partial charge in [-0.3, -0.25) is 0 Å². The Morgan fingerprint density at radius 3 is 0.431 bits per heavy atom. The van der Waals surface area contributed by atoms with E-state index in [1.807, 2.05) is 72.8 Å². The molecule has 234 valence electrons. The van der Waals surface area contributed by atoms with Gasteiger partial charge in [0.25, 0.3) is 0 Å². The number of nitrogens with zero attached hydrogens (tertiary/aromatic N) is 6. The lowest BCUT2D eigenvalue weighted by atomic mass is 9.73. The molecule has 6 aromatic rings. The van der Waals surface area contributed by atoms with Gasteiger partial charge in [0.05, 0.1) is 86.0 Å². The summed E-state index contributed by atoms with van der Waals surface area (Å²) in [5.41, 5.74) is 5.06. The average Bonchev–Trinajstić information content (AvgIpc) is 3.81. The highest BCUT2D eigenvalue weighted by Crippen LogP contribution is 2.85. The summed E-state index contributed by atoms with van der Waals surface area (Å²) in [6.45, 7) is 0. The topological polar surface area (TPSA) is 143 Å². The van der Waals surface area contributed by atoms with Crippen molar-refractivity contribution in [2.24, 2.45) is 0 Å². The molecule has 6 heteroatoms. The van der Waals surface area contributed by atoms with E-state index in [9.17, 15) is 31.6 Å². The van der Waals surface area contributed by atoms with Crippen molar-refractivity contribution >= 4 is 0 Å². The van der Waals surface area contributed by atoms with E-state index in [1.165, 1.54) is 0 Å². The van der Waals surface area contributed by atoms with E-state index >= 15 is 0 Å². The van der Waals surface area contributed by atoms with Crippen molar-refractivity contribution in [1.29, 1.82) is 31.6 Å². The Kier molecular flexibility index (Phi) is 7.72. The number of hydrogen-bond donors (Lipinski definition) is 0. The summed E-state index contributed by atoms with van der Waals surface area (Å²) in [6.07, 6.45) is 0. The first-order valence-electron chi connectivity index (χ1n) is 16.0. The van der Waals surface area contributed by atoms with E-state index in [4.69, 9.17) is 0 Å². The fourth-order valence-electron chi connectivity index (χ4n) is 8.43. The molecule has 0 heterocycles. The summed E-state index contributed by atoms with van der Waals surface area (Å²) in [6, 6.07) is 58.6. The van der Waals surface area contributed by atoms with Gasteiger partial charge in [-0.15, -0.1) is 0 Å². The first kappa shape index (κ1) is 31.8. The lowest BCUT2D eigenvalue weighted by Crippen LogP contribution is -2.25. The number of benzene rings is 6. The molecule has 1 aliphatic rings. The van der Waals surface area contributed by atoms with Crippen molar-refractivity contribution in [1.82, 2.24) is 0 Å². The zero-order chi connectivity index (χ0) is 35.6. The van der Waals surface area contributed by atoms with Crippen LogP contribution in [0.5, 0.6) is 0 Å². The van der Waals surface area contributed by atoms with E-state index < -0.39 is 16.2 Å². The minimum absolute atomic E-state index is 0.485. The largest absolute Gasteiger partial charge is 0.192 e. The minimum Gasteiger partial charge on any atom is -0.192 e. The predicted molar refractivity (Wildman–Crippen MR) is 189 cm³/mol. The maximum absolute atomic E-state index is 9.85. The molecule has 0 N–H and O–H groups in total. The van der Waals surface area contributed by atoms with E-state index in [-0.39, 0.29) is 0 Å². The van der Waals surface area contributed by atoms with Crippen LogP contribution in [0.4, 0.5) is 0 Å². The fourth-order valence-corrected chi connectivity index (χ4v) is 8.43. The van der Waals surface area contributed by atoms with Crippen LogP contribution < -0.4 is 0 Å². The molecule has 1 fully saturated rings.